The molecule has 3 unspecified atom stereocenters. The molecule has 7 nitrogen and oxygen atoms in total. The van der Waals surface area contributed by atoms with Crippen LogP contribution >= 0.6 is 0 Å². The first-order chi connectivity index (χ1) is 13.4. The second-order valence-electron chi connectivity index (χ2n) is 7.26. The van der Waals surface area contributed by atoms with Crippen LogP contribution in [-0.4, -0.2) is 36.5 Å². The molecule has 9 heteroatoms. The smallest absolute Gasteiger partial charge is 0.329 e. The molecule has 28 heavy (non-hydrogen) atoms. The van der Waals surface area contributed by atoms with Crippen LogP contribution in [0, 0.1) is 17.6 Å². The predicted octanol–water partition coefficient (Wildman–Crippen LogP) is 1.80. The highest BCUT2D eigenvalue weighted by atomic mass is 19.1. The average molecular weight is 394 g/mol. The quantitative estimate of drug-likeness (QED) is 0.640. The summed E-state index contributed by atoms with van der Waals surface area (Å²) in [5, 5.41) is 5.42. The highest BCUT2D eigenvalue weighted by Crippen LogP contribution is 2.26. The van der Waals surface area contributed by atoms with Crippen molar-refractivity contribution in [3.8, 4) is 0 Å². The Morgan fingerprint density at radius 3 is 2.71 bits per heavy atom. The van der Waals surface area contributed by atoms with Crippen molar-refractivity contribution >= 4 is 23.5 Å². The molecule has 3 atom stereocenters. The number of carbonyl (C=O) groups excluding carboxylic acids is 3. The molecular weight excluding hydrogens is 370 g/mol. The van der Waals surface area contributed by atoms with E-state index in [4.69, 9.17) is 5.73 Å². The van der Waals surface area contributed by atoms with Crippen molar-refractivity contribution in [3.63, 3.8) is 0 Å². The summed E-state index contributed by atoms with van der Waals surface area (Å²) in [4.78, 5) is 37.5. The summed E-state index contributed by atoms with van der Waals surface area (Å²) in [6, 6.07) is 0.917. The van der Waals surface area contributed by atoms with Gasteiger partial charge in [0.2, 0.25) is 5.91 Å². The van der Waals surface area contributed by atoms with E-state index in [1.807, 2.05) is 0 Å². The van der Waals surface area contributed by atoms with E-state index in [-0.39, 0.29) is 36.4 Å². The average Bonchev–Trinajstić information content (AvgIpc) is 2.94. The Kier molecular flexibility index (Phi) is 6.23. The van der Waals surface area contributed by atoms with Crippen LogP contribution in [0.3, 0.4) is 0 Å². The van der Waals surface area contributed by atoms with Crippen molar-refractivity contribution in [1.29, 1.82) is 0 Å². The second kappa shape index (κ2) is 8.64. The van der Waals surface area contributed by atoms with E-state index in [0.717, 1.165) is 37.8 Å². The molecule has 0 bridgehead atoms. The molecule has 0 radical (unpaired) electrons. The molecule has 2 aliphatic rings. The van der Waals surface area contributed by atoms with Gasteiger partial charge in [0.15, 0.2) is 0 Å². The molecule has 1 aliphatic heterocycles. The topological polar surface area (TPSA) is 105 Å². The number of imide groups is 1. The van der Waals surface area contributed by atoms with Gasteiger partial charge in [-0.05, 0) is 43.9 Å². The van der Waals surface area contributed by atoms with Crippen LogP contribution in [-0.2, 0) is 9.59 Å². The number of nitrogens with one attached hydrogen (secondary N) is 2. The molecule has 1 saturated carbocycles. The minimum Gasteiger partial charge on any atom is -0.353 e. The summed E-state index contributed by atoms with van der Waals surface area (Å²) in [5.41, 5.74) is 5.45. The maximum absolute atomic E-state index is 13.9. The van der Waals surface area contributed by atoms with Gasteiger partial charge in [-0.1, -0.05) is 12.8 Å². The Hall–Kier alpha value is -2.55. The Morgan fingerprint density at radius 2 is 2.00 bits per heavy atom. The standard InChI is InChI=1S/C19H24F2N4O3/c20-12-5-7-16(13(21)9-12)25-18(27)15(24-19(25)28)6-8-17(26)23-14-4-2-1-3-11(14)10-22/h5,7,9,11,14-15H,1-4,6,8,10,22H2,(H,23,26)(H,24,28). The lowest BCUT2D eigenvalue weighted by Gasteiger charge is -2.31. The number of rotatable bonds is 6. The van der Waals surface area contributed by atoms with Crippen LogP contribution in [0.4, 0.5) is 19.3 Å². The number of nitrogens with zero attached hydrogens (tertiary/aromatic N) is 1. The van der Waals surface area contributed by atoms with E-state index in [2.05, 4.69) is 10.6 Å². The van der Waals surface area contributed by atoms with Crippen LogP contribution in [0.2, 0.25) is 0 Å². The Bertz CT molecular complexity index is 774. The highest BCUT2D eigenvalue weighted by Gasteiger charge is 2.40. The summed E-state index contributed by atoms with van der Waals surface area (Å²) in [7, 11) is 0. The number of amides is 4. The maximum atomic E-state index is 13.9. The number of hydrogen-bond donors (Lipinski definition) is 3. The van der Waals surface area contributed by atoms with Crippen LogP contribution in [0.25, 0.3) is 0 Å². The van der Waals surface area contributed by atoms with Crippen molar-refractivity contribution in [2.75, 3.05) is 11.4 Å². The molecular formula is C19H24F2N4O3. The summed E-state index contributed by atoms with van der Waals surface area (Å²) in [6.45, 7) is 0.514. The number of hydrogen-bond acceptors (Lipinski definition) is 4. The summed E-state index contributed by atoms with van der Waals surface area (Å²) in [5.74, 6) is -2.44. The predicted molar refractivity (Wildman–Crippen MR) is 98.3 cm³/mol. The minimum absolute atomic E-state index is 0.0323. The Balaban J connectivity index is 1.57. The molecule has 0 spiro atoms. The largest absolute Gasteiger partial charge is 0.353 e. The van der Waals surface area contributed by atoms with Gasteiger partial charge in [-0.15, -0.1) is 0 Å². The van der Waals surface area contributed by atoms with Gasteiger partial charge in [-0.25, -0.2) is 18.5 Å². The maximum Gasteiger partial charge on any atom is 0.329 e. The fourth-order valence-electron chi connectivity index (χ4n) is 3.85. The number of nitrogens with two attached hydrogens (primary N) is 1. The first-order valence-electron chi connectivity index (χ1n) is 9.49. The zero-order chi connectivity index (χ0) is 20.3. The lowest BCUT2D eigenvalue weighted by Crippen LogP contribution is -2.45. The lowest BCUT2D eigenvalue weighted by atomic mass is 9.84. The monoisotopic (exact) mass is 394 g/mol. The molecule has 3 rings (SSSR count). The number of halogens is 2. The molecule has 4 amide bonds. The van der Waals surface area contributed by atoms with Gasteiger partial charge in [-0.3, -0.25) is 9.59 Å². The van der Waals surface area contributed by atoms with Crippen molar-refractivity contribution in [2.24, 2.45) is 11.7 Å². The third-order valence-corrected chi connectivity index (χ3v) is 5.39. The van der Waals surface area contributed by atoms with Gasteiger partial charge in [0, 0.05) is 18.5 Å². The fourth-order valence-corrected chi connectivity index (χ4v) is 3.85. The zero-order valence-corrected chi connectivity index (χ0v) is 15.4. The zero-order valence-electron chi connectivity index (χ0n) is 15.4. The highest BCUT2D eigenvalue weighted by molar-refractivity contribution is 6.21. The number of benzene rings is 1. The molecule has 0 aromatic heterocycles. The number of anilines is 1. The van der Waals surface area contributed by atoms with E-state index >= 15 is 0 Å². The van der Waals surface area contributed by atoms with E-state index < -0.39 is 29.6 Å². The second-order valence-corrected chi connectivity index (χ2v) is 7.26. The van der Waals surface area contributed by atoms with Crippen LogP contribution < -0.4 is 21.3 Å². The molecule has 1 heterocycles. The van der Waals surface area contributed by atoms with Crippen molar-refractivity contribution in [2.45, 2.75) is 50.6 Å². The molecule has 1 aliphatic carbocycles. The molecule has 4 N–H and O–H groups in total. The summed E-state index contributed by atoms with van der Waals surface area (Å²) < 4.78 is 27.0. The molecule has 152 valence electrons. The van der Waals surface area contributed by atoms with Crippen molar-refractivity contribution in [3.05, 3.63) is 29.8 Å². The third kappa shape index (κ3) is 4.30. The van der Waals surface area contributed by atoms with E-state index in [1.165, 1.54) is 0 Å². The minimum atomic E-state index is -1.01. The van der Waals surface area contributed by atoms with Crippen LogP contribution in [0.5, 0.6) is 0 Å². The Labute approximate surface area is 161 Å². The van der Waals surface area contributed by atoms with Gasteiger partial charge < -0.3 is 16.4 Å². The van der Waals surface area contributed by atoms with Gasteiger partial charge >= 0.3 is 6.03 Å². The molecule has 2 fully saturated rings. The van der Waals surface area contributed by atoms with E-state index in [1.54, 1.807) is 0 Å². The lowest BCUT2D eigenvalue weighted by molar-refractivity contribution is -0.123. The fraction of sp³-hybridized carbons (Fsp3) is 0.526. The molecule has 1 saturated heterocycles. The third-order valence-electron chi connectivity index (χ3n) is 5.39. The summed E-state index contributed by atoms with van der Waals surface area (Å²) in [6.07, 6.45) is 4.14. The number of urea groups is 1. The SMILES string of the molecule is NCC1CCCCC1NC(=O)CCC1NC(=O)N(c2ccc(F)cc2F)C1=O. The van der Waals surface area contributed by atoms with E-state index in [9.17, 15) is 23.2 Å². The number of carbonyl (C=O) groups is 3. The molecule has 1 aromatic carbocycles. The first-order valence-corrected chi connectivity index (χ1v) is 9.49. The summed E-state index contributed by atoms with van der Waals surface area (Å²) >= 11 is 0. The molecule has 1 aromatic rings. The van der Waals surface area contributed by atoms with Crippen molar-refractivity contribution in [1.82, 2.24) is 10.6 Å². The van der Waals surface area contributed by atoms with Gasteiger partial charge in [-0.2, -0.15) is 0 Å². The first kappa shape index (κ1) is 20.2. The van der Waals surface area contributed by atoms with Gasteiger partial charge in [0.1, 0.15) is 17.7 Å². The van der Waals surface area contributed by atoms with E-state index in [0.29, 0.717) is 17.5 Å². The Morgan fingerprint density at radius 1 is 1.25 bits per heavy atom. The van der Waals surface area contributed by atoms with Crippen LogP contribution in [0.15, 0.2) is 18.2 Å². The van der Waals surface area contributed by atoms with Gasteiger partial charge in [0.05, 0.1) is 5.69 Å². The van der Waals surface area contributed by atoms with Gasteiger partial charge in [0.25, 0.3) is 5.91 Å². The van der Waals surface area contributed by atoms with Crippen LogP contribution in [0.1, 0.15) is 38.5 Å². The van der Waals surface area contributed by atoms with Crippen molar-refractivity contribution < 1.29 is 23.2 Å². The normalized spacial score (nSPS) is 25.0.